The average Bonchev–Trinajstić information content (AvgIpc) is 2.93. The van der Waals surface area contributed by atoms with Crippen LogP contribution in [0.5, 0.6) is 0 Å². The Hall–Kier alpha value is 0.930. The molecule has 1 heterocycles. The first-order valence-electron chi connectivity index (χ1n) is 8.13. The Morgan fingerprint density at radius 3 is 2.23 bits per heavy atom. The predicted molar refractivity (Wildman–Crippen MR) is 90.0 cm³/mol. The van der Waals surface area contributed by atoms with E-state index in [4.69, 9.17) is 0 Å². The van der Waals surface area contributed by atoms with E-state index >= 15 is 0 Å². The summed E-state index contributed by atoms with van der Waals surface area (Å²) in [5.74, 6) is 0.470. The molecule has 0 aliphatic carbocycles. The van der Waals surface area contributed by atoms with Gasteiger partial charge in [0.15, 0.2) is 0 Å². The van der Waals surface area contributed by atoms with Gasteiger partial charge in [-0.3, -0.25) is 4.99 Å². The molecular formula is C15H28NNaO3S2. The normalized spacial score (nSPS) is 16.2. The summed E-state index contributed by atoms with van der Waals surface area (Å²) in [5, 5.41) is 0.886. The van der Waals surface area contributed by atoms with E-state index in [1.54, 1.807) is 11.8 Å². The molecule has 124 valence electrons. The van der Waals surface area contributed by atoms with Gasteiger partial charge in [0.2, 0.25) is 0 Å². The third-order valence-corrected chi connectivity index (χ3v) is 5.73. The Balaban J connectivity index is 0.00000441. The summed E-state index contributed by atoms with van der Waals surface area (Å²) >= 11 is 1.62. The van der Waals surface area contributed by atoms with Crippen molar-refractivity contribution in [3.8, 4) is 0 Å². The largest absolute Gasteiger partial charge is 1.00 e. The van der Waals surface area contributed by atoms with Gasteiger partial charge in [0.1, 0.15) is 0 Å². The minimum atomic E-state index is -4.16. The molecule has 0 aromatic carbocycles. The molecule has 7 heteroatoms. The second-order valence-corrected chi connectivity index (χ2v) is 8.32. The second kappa shape index (κ2) is 13.2. The average molecular weight is 358 g/mol. The fourth-order valence-electron chi connectivity index (χ4n) is 2.65. The van der Waals surface area contributed by atoms with E-state index < -0.39 is 10.1 Å². The summed E-state index contributed by atoms with van der Waals surface area (Å²) in [6, 6.07) is 0. The first-order valence-corrected chi connectivity index (χ1v) is 10.7. The molecule has 0 fully saturated rings. The summed E-state index contributed by atoms with van der Waals surface area (Å²) in [7, 11) is -4.16. The number of nitrogens with zero attached hydrogens (tertiary/aromatic N) is 1. The number of aliphatic imine (C=N–C) groups is 1. The van der Waals surface area contributed by atoms with E-state index in [2.05, 4.69) is 11.9 Å². The number of rotatable bonds is 12. The molecule has 0 radical (unpaired) electrons. The molecule has 0 saturated carbocycles. The van der Waals surface area contributed by atoms with Crippen molar-refractivity contribution >= 4 is 26.9 Å². The monoisotopic (exact) mass is 357 g/mol. The van der Waals surface area contributed by atoms with Crippen LogP contribution in [0.4, 0.5) is 0 Å². The summed E-state index contributed by atoms with van der Waals surface area (Å²) in [5.41, 5.74) is 0. The van der Waals surface area contributed by atoms with Gasteiger partial charge < -0.3 is 4.55 Å². The SMILES string of the molecule is CCCCCCCCCCC(CS(=O)(=O)[O-])C1=NCCS1.[Na+]. The maximum absolute atomic E-state index is 11.0. The molecule has 0 aromatic rings. The fraction of sp³-hybridized carbons (Fsp3) is 0.933. The Bertz CT molecular complexity index is 413. The molecule has 0 aromatic heterocycles. The van der Waals surface area contributed by atoms with Crippen LogP contribution >= 0.6 is 11.8 Å². The van der Waals surface area contributed by atoms with Crippen molar-refractivity contribution in [2.24, 2.45) is 10.9 Å². The smallest absolute Gasteiger partial charge is 0.748 e. The van der Waals surface area contributed by atoms with Crippen LogP contribution in [-0.2, 0) is 10.1 Å². The number of unbranched alkanes of at least 4 members (excludes halogenated alkanes) is 7. The van der Waals surface area contributed by atoms with Gasteiger partial charge in [0.05, 0.1) is 15.2 Å². The van der Waals surface area contributed by atoms with E-state index in [0.29, 0.717) is 0 Å². The third-order valence-electron chi connectivity index (χ3n) is 3.77. The second-order valence-electron chi connectivity index (χ2n) is 5.75. The van der Waals surface area contributed by atoms with E-state index in [1.807, 2.05) is 0 Å². The Labute approximate surface area is 162 Å². The quantitative estimate of drug-likeness (QED) is 0.295. The molecule has 1 rings (SSSR count). The van der Waals surface area contributed by atoms with Crippen molar-refractivity contribution in [1.82, 2.24) is 0 Å². The van der Waals surface area contributed by atoms with Crippen LogP contribution in [0.25, 0.3) is 0 Å². The van der Waals surface area contributed by atoms with Crippen molar-refractivity contribution in [2.45, 2.75) is 64.7 Å². The van der Waals surface area contributed by atoms with E-state index in [-0.39, 0.29) is 41.2 Å². The van der Waals surface area contributed by atoms with Gasteiger partial charge in [-0.25, -0.2) is 8.42 Å². The van der Waals surface area contributed by atoms with Gasteiger partial charge in [-0.15, -0.1) is 11.8 Å². The third kappa shape index (κ3) is 11.5. The predicted octanol–water partition coefficient (Wildman–Crippen LogP) is 0.828. The fourth-order valence-corrected chi connectivity index (χ4v) is 4.58. The molecule has 0 N–H and O–H groups in total. The van der Waals surface area contributed by atoms with Crippen LogP contribution in [0.15, 0.2) is 4.99 Å². The van der Waals surface area contributed by atoms with Gasteiger partial charge in [-0.2, -0.15) is 0 Å². The minimum Gasteiger partial charge on any atom is -0.748 e. The van der Waals surface area contributed by atoms with Gasteiger partial charge in [-0.05, 0) is 6.42 Å². The van der Waals surface area contributed by atoms with E-state index in [1.165, 1.54) is 38.5 Å². The number of thioether (sulfide) groups is 1. The first kappa shape index (κ1) is 22.9. The van der Waals surface area contributed by atoms with Crippen LogP contribution in [0.1, 0.15) is 64.7 Å². The molecule has 1 aliphatic heterocycles. The summed E-state index contributed by atoms with van der Waals surface area (Å²) < 4.78 is 33.0. The Kier molecular flexibility index (Phi) is 13.8. The van der Waals surface area contributed by atoms with Crippen molar-refractivity contribution in [2.75, 3.05) is 18.1 Å². The van der Waals surface area contributed by atoms with Crippen LogP contribution < -0.4 is 29.6 Å². The first-order chi connectivity index (χ1) is 10.0. The van der Waals surface area contributed by atoms with Gasteiger partial charge in [0.25, 0.3) is 0 Å². The van der Waals surface area contributed by atoms with Crippen molar-refractivity contribution in [3.63, 3.8) is 0 Å². The zero-order valence-electron chi connectivity index (χ0n) is 14.1. The zero-order chi connectivity index (χ0) is 15.6. The maximum Gasteiger partial charge on any atom is 1.00 e. The molecule has 22 heavy (non-hydrogen) atoms. The molecule has 4 nitrogen and oxygen atoms in total. The van der Waals surface area contributed by atoms with Crippen LogP contribution in [-0.4, -0.2) is 36.1 Å². The molecule has 0 bridgehead atoms. The van der Waals surface area contributed by atoms with Gasteiger partial charge in [-0.1, -0.05) is 58.3 Å². The Morgan fingerprint density at radius 2 is 1.73 bits per heavy atom. The summed E-state index contributed by atoms with van der Waals surface area (Å²) in [4.78, 5) is 4.35. The van der Waals surface area contributed by atoms with E-state index in [9.17, 15) is 13.0 Å². The standard InChI is InChI=1S/C15H29NO3S2.Na/c1-2-3-4-5-6-7-8-9-10-14(13-21(17,18)19)15-16-11-12-20-15;/h14H,2-13H2,1H3,(H,17,18,19);/q;+1/p-1. The summed E-state index contributed by atoms with van der Waals surface area (Å²) in [6.45, 7) is 2.97. The van der Waals surface area contributed by atoms with Crippen LogP contribution in [0.3, 0.4) is 0 Å². The van der Waals surface area contributed by atoms with Gasteiger partial charge in [0, 0.05) is 24.0 Å². The van der Waals surface area contributed by atoms with Crippen molar-refractivity contribution in [3.05, 3.63) is 0 Å². The molecule has 1 unspecified atom stereocenters. The molecular weight excluding hydrogens is 329 g/mol. The number of hydrogen-bond donors (Lipinski definition) is 0. The Morgan fingerprint density at radius 1 is 1.14 bits per heavy atom. The molecule has 0 saturated heterocycles. The van der Waals surface area contributed by atoms with Crippen LogP contribution in [0, 0.1) is 5.92 Å². The van der Waals surface area contributed by atoms with Crippen molar-refractivity contribution in [1.29, 1.82) is 0 Å². The molecule has 1 aliphatic rings. The summed E-state index contributed by atoms with van der Waals surface area (Å²) in [6.07, 6.45) is 10.6. The van der Waals surface area contributed by atoms with Crippen LogP contribution in [0.2, 0.25) is 0 Å². The minimum absolute atomic E-state index is 0. The molecule has 1 atom stereocenters. The van der Waals surface area contributed by atoms with Crippen molar-refractivity contribution < 1.29 is 42.5 Å². The number of hydrogen-bond acceptors (Lipinski definition) is 5. The van der Waals surface area contributed by atoms with Gasteiger partial charge >= 0.3 is 29.6 Å². The van der Waals surface area contributed by atoms with E-state index in [0.717, 1.165) is 36.6 Å². The topological polar surface area (TPSA) is 69.6 Å². The molecule has 0 spiro atoms. The maximum atomic E-state index is 11.0. The zero-order valence-corrected chi connectivity index (χ0v) is 17.7. The molecule has 0 amide bonds.